The number of hydrogen-bond donors (Lipinski definition) is 0. The maximum atomic E-state index is 8.83. The highest BCUT2D eigenvalue weighted by Gasteiger charge is 2.07. The lowest BCUT2D eigenvalue weighted by atomic mass is 10.2. The number of ether oxygens (including phenoxy) is 1. The zero-order valence-electron chi connectivity index (χ0n) is 9.73. The Hall–Kier alpha value is -1.86. The van der Waals surface area contributed by atoms with Crippen LogP contribution in [0.4, 0.5) is 0 Å². The van der Waals surface area contributed by atoms with E-state index in [0.29, 0.717) is 11.5 Å². The van der Waals surface area contributed by atoms with Crippen LogP contribution in [-0.2, 0) is 6.61 Å². The van der Waals surface area contributed by atoms with E-state index in [4.69, 9.17) is 10.00 Å². The molecular weight excluding hydrogens is 232 g/mol. The highest BCUT2D eigenvalue weighted by molar-refractivity contribution is 7.12. The quantitative estimate of drug-likeness (QED) is 0.832. The second-order valence-electron chi connectivity index (χ2n) is 3.74. The summed E-state index contributed by atoms with van der Waals surface area (Å²) in [5.41, 5.74) is 1.98. The average molecular weight is 244 g/mol. The van der Waals surface area contributed by atoms with Crippen LogP contribution in [-0.4, -0.2) is 4.98 Å². The number of aryl methyl sites for hydroxylation is 2. The van der Waals surface area contributed by atoms with Crippen molar-refractivity contribution in [2.75, 3.05) is 0 Å². The lowest BCUT2D eigenvalue weighted by Gasteiger charge is -2.03. The molecule has 0 spiro atoms. The molecule has 0 unspecified atom stereocenters. The molecule has 0 aliphatic rings. The van der Waals surface area contributed by atoms with Crippen molar-refractivity contribution in [3.8, 4) is 11.8 Å². The summed E-state index contributed by atoms with van der Waals surface area (Å²) in [7, 11) is 0. The Balaban J connectivity index is 2.02. The summed E-state index contributed by atoms with van der Waals surface area (Å²) in [5.74, 6) is 0.821. The Morgan fingerprint density at radius 1 is 1.29 bits per heavy atom. The fourth-order valence-electron chi connectivity index (χ4n) is 1.40. The van der Waals surface area contributed by atoms with Gasteiger partial charge in [-0.25, -0.2) is 4.98 Å². The van der Waals surface area contributed by atoms with E-state index in [-0.39, 0.29) is 0 Å². The van der Waals surface area contributed by atoms with Crippen molar-refractivity contribution in [2.24, 2.45) is 0 Å². The van der Waals surface area contributed by atoms with E-state index in [1.807, 2.05) is 38.1 Å². The first-order valence-electron chi connectivity index (χ1n) is 5.25. The SMILES string of the molecule is Cc1ccc(OCc2nc(C)c(C#N)s2)cc1. The molecule has 0 amide bonds. The Bertz CT molecular complexity index is 552. The van der Waals surface area contributed by atoms with Crippen molar-refractivity contribution in [3.63, 3.8) is 0 Å². The number of nitrogens with zero attached hydrogens (tertiary/aromatic N) is 2. The van der Waals surface area contributed by atoms with E-state index in [0.717, 1.165) is 16.5 Å². The molecule has 0 saturated heterocycles. The van der Waals surface area contributed by atoms with Crippen LogP contribution in [0.25, 0.3) is 0 Å². The molecule has 17 heavy (non-hydrogen) atoms. The van der Waals surface area contributed by atoms with Gasteiger partial charge in [0, 0.05) is 0 Å². The van der Waals surface area contributed by atoms with Crippen LogP contribution in [0.15, 0.2) is 24.3 Å². The average Bonchev–Trinajstić information content (AvgIpc) is 2.69. The minimum Gasteiger partial charge on any atom is -0.486 e. The summed E-state index contributed by atoms with van der Waals surface area (Å²) in [6, 6.07) is 9.99. The maximum absolute atomic E-state index is 8.83. The molecule has 0 radical (unpaired) electrons. The Morgan fingerprint density at radius 3 is 2.59 bits per heavy atom. The predicted molar refractivity (Wildman–Crippen MR) is 67.1 cm³/mol. The minimum absolute atomic E-state index is 0.413. The van der Waals surface area contributed by atoms with Crippen LogP contribution in [0.2, 0.25) is 0 Å². The Labute approximate surface area is 104 Å². The fourth-order valence-corrected chi connectivity index (χ4v) is 2.17. The smallest absolute Gasteiger partial charge is 0.140 e. The van der Waals surface area contributed by atoms with Gasteiger partial charge in [0.15, 0.2) is 0 Å². The van der Waals surface area contributed by atoms with Crippen LogP contribution in [0.3, 0.4) is 0 Å². The fraction of sp³-hybridized carbons (Fsp3) is 0.231. The van der Waals surface area contributed by atoms with Crippen LogP contribution in [0, 0.1) is 25.2 Å². The molecule has 3 nitrogen and oxygen atoms in total. The standard InChI is InChI=1S/C13H12N2OS/c1-9-3-5-11(6-4-9)16-8-13-15-10(2)12(7-14)17-13/h3-6H,8H2,1-2H3. The second-order valence-corrected chi connectivity index (χ2v) is 4.82. The van der Waals surface area contributed by atoms with Crippen molar-refractivity contribution in [3.05, 3.63) is 45.4 Å². The third kappa shape index (κ3) is 2.83. The monoisotopic (exact) mass is 244 g/mol. The molecule has 86 valence electrons. The highest BCUT2D eigenvalue weighted by Crippen LogP contribution is 2.19. The largest absolute Gasteiger partial charge is 0.486 e. The van der Waals surface area contributed by atoms with E-state index in [1.165, 1.54) is 16.9 Å². The summed E-state index contributed by atoms with van der Waals surface area (Å²) in [6.07, 6.45) is 0. The Morgan fingerprint density at radius 2 is 2.00 bits per heavy atom. The molecule has 0 aliphatic heterocycles. The summed E-state index contributed by atoms with van der Waals surface area (Å²) in [5, 5.41) is 9.66. The van der Waals surface area contributed by atoms with Gasteiger partial charge in [0.25, 0.3) is 0 Å². The molecule has 0 aliphatic carbocycles. The van der Waals surface area contributed by atoms with Crippen LogP contribution < -0.4 is 4.74 Å². The molecule has 0 bridgehead atoms. The first-order valence-corrected chi connectivity index (χ1v) is 6.06. The number of hydrogen-bond acceptors (Lipinski definition) is 4. The van der Waals surface area contributed by atoms with Crippen molar-refractivity contribution >= 4 is 11.3 Å². The van der Waals surface area contributed by atoms with Gasteiger partial charge in [-0.2, -0.15) is 5.26 Å². The van der Waals surface area contributed by atoms with E-state index in [9.17, 15) is 0 Å². The van der Waals surface area contributed by atoms with Crippen LogP contribution >= 0.6 is 11.3 Å². The Kier molecular flexibility index (Phi) is 3.40. The lowest BCUT2D eigenvalue weighted by Crippen LogP contribution is -1.94. The van der Waals surface area contributed by atoms with E-state index in [1.54, 1.807) is 0 Å². The van der Waals surface area contributed by atoms with E-state index in [2.05, 4.69) is 11.1 Å². The summed E-state index contributed by atoms with van der Waals surface area (Å²) in [6.45, 7) is 4.29. The van der Waals surface area contributed by atoms with Gasteiger partial charge in [-0.15, -0.1) is 11.3 Å². The number of thiazole rings is 1. The molecule has 2 aromatic rings. The predicted octanol–water partition coefficient (Wildman–Crippen LogP) is 3.21. The van der Waals surface area contributed by atoms with Crippen molar-refractivity contribution < 1.29 is 4.74 Å². The third-order valence-electron chi connectivity index (χ3n) is 2.33. The minimum atomic E-state index is 0.413. The zero-order valence-corrected chi connectivity index (χ0v) is 10.5. The van der Waals surface area contributed by atoms with Gasteiger partial charge >= 0.3 is 0 Å². The van der Waals surface area contributed by atoms with Gasteiger partial charge < -0.3 is 4.74 Å². The molecular formula is C13H12N2OS. The van der Waals surface area contributed by atoms with Gasteiger partial charge in [-0.05, 0) is 26.0 Å². The second kappa shape index (κ2) is 4.98. The van der Waals surface area contributed by atoms with Gasteiger partial charge in [0.05, 0.1) is 5.69 Å². The normalized spacial score (nSPS) is 9.94. The number of aromatic nitrogens is 1. The first kappa shape index (κ1) is 11.6. The van der Waals surface area contributed by atoms with E-state index < -0.39 is 0 Å². The number of benzene rings is 1. The van der Waals surface area contributed by atoms with Crippen molar-refractivity contribution in [2.45, 2.75) is 20.5 Å². The van der Waals surface area contributed by atoms with Crippen LogP contribution in [0.1, 0.15) is 21.1 Å². The van der Waals surface area contributed by atoms with E-state index >= 15 is 0 Å². The number of rotatable bonds is 3. The molecule has 0 fully saturated rings. The molecule has 1 aromatic carbocycles. The van der Waals surface area contributed by atoms with Crippen molar-refractivity contribution in [1.29, 1.82) is 5.26 Å². The molecule has 0 N–H and O–H groups in total. The molecule has 0 saturated carbocycles. The maximum Gasteiger partial charge on any atom is 0.140 e. The van der Waals surface area contributed by atoms with Crippen LogP contribution in [0.5, 0.6) is 5.75 Å². The number of nitriles is 1. The summed E-state index contributed by atoms with van der Waals surface area (Å²) in [4.78, 5) is 4.94. The molecule has 2 rings (SSSR count). The van der Waals surface area contributed by atoms with Gasteiger partial charge in [-0.3, -0.25) is 0 Å². The third-order valence-corrected chi connectivity index (χ3v) is 3.36. The van der Waals surface area contributed by atoms with Gasteiger partial charge in [0.2, 0.25) is 0 Å². The molecule has 4 heteroatoms. The molecule has 0 atom stereocenters. The lowest BCUT2D eigenvalue weighted by molar-refractivity contribution is 0.305. The first-order chi connectivity index (χ1) is 8.19. The molecule has 1 aromatic heterocycles. The highest BCUT2D eigenvalue weighted by atomic mass is 32.1. The van der Waals surface area contributed by atoms with Crippen molar-refractivity contribution in [1.82, 2.24) is 4.98 Å². The van der Waals surface area contributed by atoms with Gasteiger partial charge in [0.1, 0.15) is 28.3 Å². The summed E-state index contributed by atoms with van der Waals surface area (Å²) < 4.78 is 5.60. The van der Waals surface area contributed by atoms with Gasteiger partial charge in [-0.1, -0.05) is 17.7 Å². The topological polar surface area (TPSA) is 45.9 Å². The summed E-state index contributed by atoms with van der Waals surface area (Å²) >= 11 is 1.38. The molecule has 1 heterocycles. The zero-order chi connectivity index (χ0) is 12.3.